The van der Waals surface area contributed by atoms with Crippen molar-refractivity contribution in [1.82, 2.24) is 25.1 Å². The lowest BCUT2D eigenvalue weighted by atomic mass is 10.1. The van der Waals surface area contributed by atoms with Crippen LogP contribution in [0.2, 0.25) is 5.15 Å². The smallest absolute Gasteiger partial charge is 0.224 e. The van der Waals surface area contributed by atoms with Crippen molar-refractivity contribution >= 4 is 30.1 Å². The van der Waals surface area contributed by atoms with E-state index in [0.29, 0.717) is 23.3 Å². The zero-order valence-electron chi connectivity index (χ0n) is 11.8. The fourth-order valence-corrected chi connectivity index (χ4v) is 2.26. The molecule has 8 heteroatoms. The summed E-state index contributed by atoms with van der Waals surface area (Å²) < 4.78 is 1.65. The van der Waals surface area contributed by atoms with Crippen LogP contribution in [0.5, 0.6) is 0 Å². The lowest BCUT2D eigenvalue weighted by molar-refractivity contribution is -0.120. The number of nitrogens with zero attached hydrogens (tertiary/aromatic N) is 4. The summed E-state index contributed by atoms with van der Waals surface area (Å²) in [5.41, 5.74) is 2.52. The highest BCUT2D eigenvalue weighted by atomic mass is 35.5. The van der Waals surface area contributed by atoms with Crippen LogP contribution < -0.4 is 5.32 Å². The van der Waals surface area contributed by atoms with Gasteiger partial charge in [0.05, 0.1) is 24.5 Å². The van der Waals surface area contributed by atoms with Crippen molar-refractivity contribution < 1.29 is 4.79 Å². The Morgan fingerprint density at radius 2 is 2.19 bits per heavy atom. The van der Waals surface area contributed by atoms with E-state index in [0.717, 1.165) is 17.0 Å². The highest BCUT2D eigenvalue weighted by Crippen LogP contribution is 2.17. The van der Waals surface area contributed by atoms with Gasteiger partial charge in [-0.05, 0) is 13.8 Å². The summed E-state index contributed by atoms with van der Waals surface area (Å²) >= 11 is 9.91. The quantitative estimate of drug-likeness (QED) is 0.818. The van der Waals surface area contributed by atoms with Gasteiger partial charge in [0.25, 0.3) is 0 Å². The Kier molecular flexibility index (Phi) is 5.19. The van der Waals surface area contributed by atoms with Gasteiger partial charge >= 0.3 is 0 Å². The van der Waals surface area contributed by atoms with E-state index in [2.05, 4.69) is 33.0 Å². The van der Waals surface area contributed by atoms with Gasteiger partial charge in [0.15, 0.2) is 5.82 Å². The monoisotopic (exact) mass is 325 g/mol. The van der Waals surface area contributed by atoms with Crippen molar-refractivity contribution in [3.05, 3.63) is 34.5 Å². The molecule has 0 saturated heterocycles. The summed E-state index contributed by atoms with van der Waals surface area (Å²) in [6.07, 6.45) is 3.32. The van der Waals surface area contributed by atoms with E-state index >= 15 is 0 Å². The topological polar surface area (TPSA) is 72.7 Å². The van der Waals surface area contributed by atoms with Gasteiger partial charge in [-0.1, -0.05) is 11.6 Å². The average molecular weight is 326 g/mol. The molecule has 1 N–H and O–H groups in total. The number of carbonyl (C=O) groups excluding carboxylic acids is 1. The summed E-state index contributed by atoms with van der Waals surface area (Å²) in [4.78, 5) is 20.0. The zero-order chi connectivity index (χ0) is 15.4. The van der Waals surface area contributed by atoms with Crippen LogP contribution in [0.15, 0.2) is 12.4 Å². The number of rotatable bonds is 5. The molecule has 0 radical (unpaired) electrons. The summed E-state index contributed by atoms with van der Waals surface area (Å²) in [5, 5.41) is 7.51. The predicted octanol–water partition coefficient (Wildman–Crippen LogP) is 1.52. The molecule has 2 heterocycles. The Morgan fingerprint density at radius 1 is 1.43 bits per heavy atom. The number of amides is 1. The van der Waals surface area contributed by atoms with E-state index in [1.54, 1.807) is 10.9 Å². The molecule has 0 bridgehead atoms. The van der Waals surface area contributed by atoms with Crippen molar-refractivity contribution in [3.8, 4) is 5.82 Å². The third-order valence-corrected chi connectivity index (χ3v) is 3.43. The number of hydrogen-bond donors (Lipinski definition) is 2. The van der Waals surface area contributed by atoms with Crippen molar-refractivity contribution in [3.63, 3.8) is 0 Å². The van der Waals surface area contributed by atoms with Crippen molar-refractivity contribution in [2.45, 2.75) is 20.3 Å². The molecule has 0 saturated carbocycles. The number of aromatic nitrogens is 4. The first-order chi connectivity index (χ1) is 10.0. The van der Waals surface area contributed by atoms with E-state index in [-0.39, 0.29) is 12.3 Å². The first-order valence-corrected chi connectivity index (χ1v) is 7.44. The van der Waals surface area contributed by atoms with Crippen LogP contribution in [0.3, 0.4) is 0 Å². The Labute approximate surface area is 133 Å². The van der Waals surface area contributed by atoms with E-state index in [1.807, 2.05) is 13.8 Å². The molecule has 6 nitrogen and oxygen atoms in total. The van der Waals surface area contributed by atoms with Crippen LogP contribution in [-0.4, -0.2) is 38.0 Å². The minimum absolute atomic E-state index is 0.0491. The maximum atomic E-state index is 11.8. The second-order valence-electron chi connectivity index (χ2n) is 4.51. The number of hydrogen-bond acceptors (Lipinski definition) is 5. The van der Waals surface area contributed by atoms with E-state index < -0.39 is 0 Å². The number of halogens is 1. The molecule has 0 spiro atoms. The fourth-order valence-electron chi connectivity index (χ4n) is 2.01. The standard InChI is InChI=1S/C13H16ClN5OS/c1-8-10(5-13(20)16-3-4-21)9(2)19(18-8)12-7-15-6-11(14)17-12/h6-7,21H,3-5H2,1-2H3,(H,16,20). The van der Waals surface area contributed by atoms with E-state index in [9.17, 15) is 4.79 Å². The second-order valence-corrected chi connectivity index (χ2v) is 5.35. The Balaban J connectivity index is 2.27. The van der Waals surface area contributed by atoms with E-state index in [4.69, 9.17) is 11.6 Å². The minimum Gasteiger partial charge on any atom is -0.355 e. The largest absolute Gasteiger partial charge is 0.355 e. The number of nitrogens with one attached hydrogen (secondary N) is 1. The van der Waals surface area contributed by atoms with Gasteiger partial charge in [0.2, 0.25) is 5.91 Å². The molecule has 0 atom stereocenters. The predicted molar refractivity (Wildman–Crippen MR) is 84.2 cm³/mol. The van der Waals surface area contributed by atoms with Crippen LogP contribution in [0.1, 0.15) is 17.0 Å². The minimum atomic E-state index is -0.0491. The molecule has 0 aliphatic rings. The Morgan fingerprint density at radius 3 is 2.86 bits per heavy atom. The molecule has 2 rings (SSSR count). The lowest BCUT2D eigenvalue weighted by Gasteiger charge is -2.05. The highest BCUT2D eigenvalue weighted by molar-refractivity contribution is 7.80. The molecule has 2 aromatic heterocycles. The van der Waals surface area contributed by atoms with Crippen LogP contribution in [0, 0.1) is 13.8 Å². The highest BCUT2D eigenvalue weighted by Gasteiger charge is 2.16. The molecule has 0 fully saturated rings. The summed E-state index contributed by atoms with van der Waals surface area (Å²) in [5.74, 6) is 1.10. The lowest BCUT2D eigenvalue weighted by Crippen LogP contribution is -2.27. The van der Waals surface area contributed by atoms with Gasteiger partial charge in [-0.15, -0.1) is 0 Å². The molecule has 2 aromatic rings. The molecular formula is C13H16ClN5OS. The SMILES string of the molecule is Cc1nn(-c2cncc(Cl)n2)c(C)c1CC(=O)NCCS. The third kappa shape index (κ3) is 3.74. The third-order valence-electron chi connectivity index (χ3n) is 3.02. The first kappa shape index (κ1) is 15.8. The normalized spacial score (nSPS) is 10.7. The molecule has 112 valence electrons. The van der Waals surface area contributed by atoms with Crippen LogP contribution in [0.4, 0.5) is 0 Å². The average Bonchev–Trinajstić information content (AvgIpc) is 2.73. The van der Waals surface area contributed by atoms with Gasteiger partial charge in [-0.3, -0.25) is 9.78 Å². The molecule has 21 heavy (non-hydrogen) atoms. The Bertz CT molecular complexity index is 658. The Hall–Kier alpha value is -1.60. The van der Waals surface area contributed by atoms with E-state index in [1.165, 1.54) is 6.20 Å². The molecule has 0 aliphatic heterocycles. The van der Waals surface area contributed by atoms with Gasteiger partial charge in [0.1, 0.15) is 5.15 Å². The maximum Gasteiger partial charge on any atom is 0.224 e. The maximum absolute atomic E-state index is 11.8. The van der Waals surface area contributed by atoms with Gasteiger partial charge in [-0.2, -0.15) is 17.7 Å². The van der Waals surface area contributed by atoms with Crippen molar-refractivity contribution in [1.29, 1.82) is 0 Å². The van der Waals surface area contributed by atoms with Crippen molar-refractivity contribution in [2.75, 3.05) is 12.3 Å². The summed E-state index contributed by atoms with van der Waals surface area (Å²) in [6, 6.07) is 0. The van der Waals surface area contributed by atoms with Gasteiger partial charge in [-0.25, -0.2) is 9.67 Å². The van der Waals surface area contributed by atoms with Crippen LogP contribution in [-0.2, 0) is 11.2 Å². The summed E-state index contributed by atoms with van der Waals surface area (Å²) in [7, 11) is 0. The van der Waals surface area contributed by atoms with Crippen molar-refractivity contribution in [2.24, 2.45) is 0 Å². The second kappa shape index (κ2) is 6.91. The fraction of sp³-hybridized carbons (Fsp3) is 0.385. The zero-order valence-corrected chi connectivity index (χ0v) is 13.4. The van der Waals surface area contributed by atoms with Gasteiger partial charge < -0.3 is 5.32 Å². The number of carbonyl (C=O) groups is 1. The molecule has 0 aliphatic carbocycles. The molecule has 0 unspecified atom stereocenters. The number of thiol groups is 1. The van der Waals surface area contributed by atoms with Crippen LogP contribution in [0.25, 0.3) is 5.82 Å². The molecular weight excluding hydrogens is 310 g/mol. The summed E-state index contributed by atoms with van der Waals surface area (Å²) in [6.45, 7) is 4.31. The number of aryl methyl sites for hydroxylation is 1. The molecule has 0 aromatic carbocycles. The molecule has 1 amide bonds. The van der Waals surface area contributed by atoms with Gasteiger partial charge in [0, 0.05) is 23.6 Å². The first-order valence-electron chi connectivity index (χ1n) is 6.43. The van der Waals surface area contributed by atoms with Crippen LogP contribution >= 0.6 is 24.2 Å².